The van der Waals surface area contributed by atoms with Gasteiger partial charge in [0.25, 0.3) is 5.69 Å². The lowest BCUT2D eigenvalue weighted by Gasteiger charge is -2.01. The lowest BCUT2D eigenvalue weighted by molar-refractivity contribution is -0.384. The van der Waals surface area contributed by atoms with Crippen LogP contribution in [-0.4, -0.2) is 21.8 Å². The summed E-state index contributed by atoms with van der Waals surface area (Å²) in [5.41, 5.74) is 0.0569. The van der Waals surface area contributed by atoms with Gasteiger partial charge in [-0.1, -0.05) is 13.3 Å². The Kier molecular flexibility index (Phi) is 5.58. The molecule has 0 aliphatic heterocycles. The molecule has 0 radical (unpaired) electrons. The lowest BCUT2D eigenvalue weighted by Crippen LogP contribution is -2.11. The van der Waals surface area contributed by atoms with Crippen molar-refractivity contribution in [1.29, 1.82) is 0 Å². The Hall–Kier alpha value is -2.50. The number of carbonyl (C=O) groups is 2. The number of hydrogen-bond acceptors (Lipinski definition) is 4. The van der Waals surface area contributed by atoms with Crippen LogP contribution in [0.3, 0.4) is 0 Å². The molecule has 1 rings (SSSR count). The van der Waals surface area contributed by atoms with Crippen molar-refractivity contribution in [3.05, 3.63) is 45.5 Å². The van der Waals surface area contributed by atoms with Gasteiger partial charge < -0.3 is 5.11 Å². The highest BCUT2D eigenvalue weighted by molar-refractivity contribution is 6.19. The van der Waals surface area contributed by atoms with E-state index in [4.69, 9.17) is 5.11 Å². The van der Waals surface area contributed by atoms with Crippen LogP contribution in [0, 0.1) is 10.1 Å². The maximum atomic E-state index is 11.8. The fourth-order valence-electron chi connectivity index (χ4n) is 1.59. The number of Topliss-reactive ketones (excluding diaryl/α,β-unsaturated/α-hetero) is 1. The van der Waals surface area contributed by atoms with Crippen molar-refractivity contribution in [2.24, 2.45) is 0 Å². The minimum atomic E-state index is -1.29. The average molecular weight is 277 g/mol. The van der Waals surface area contributed by atoms with E-state index in [2.05, 4.69) is 0 Å². The number of aliphatic carboxylic acids is 1. The molecule has 0 aliphatic rings. The van der Waals surface area contributed by atoms with E-state index in [0.717, 1.165) is 6.42 Å². The molecular weight excluding hydrogens is 262 g/mol. The molecule has 0 saturated heterocycles. The summed E-state index contributed by atoms with van der Waals surface area (Å²) >= 11 is 0. The van der Waals surface area contributed by atoms with Gasteiger partial charge in [-0.25, -0.2) is 4.79 Å². The molecular formula is C14H15NO5. The molecule has 0 spiro atoms. The first-order valence-corrected chi connectivity index (χ1v) is 6.18. The summed E-state index contributed by atoms with van der Waals surface area (Å²) in [5.74, 6) is -1.72. The number of nitro benzene ring substituents is 1. The average Bonchev–Trinajstić information content (AvgIpc) is 2.42. The monoisotopic (exact) mass is 277 g/mol. The fourth-order valence-corrected chi connectivity index (χ4v) is 1.59. The summed E-state index contributed by atoms with van der Waals surface area (Å²) in [5, 5.41) is 19.6. The van der Waals surface area contributed by atoms with E-state index in [1.807, 2.05) is 6.92 Å². The first-order chi connectivity index (χ1) is 9.45. The van der Waals surface area contributed by atoms with Crippen LogP contribution in [0.15, 0.2) is 29.8 Å². The summed E-state index contributed by atoms with van der Waals surface area (Å²) in [6.45, 7) is 1.91. The molecule has 6 heteroatoms. The highest BCUT2D eigenvalue weighted by Gasteiger charge is 2.16. The fraction of sp³-hybridized carbons (Fsp3) is 0.286. The number of rotatable bonds is 7. The predicted octanol–water partition coefficient (Wildman–Crippen LogP) is 2.82. The van der Waals surface area contributed by atoms with Crippen LogP contribution in [0.1, 0.15) is 31.7 Å². The third kappa shape index (κ3) is 4.31. The van der Waals surface area contributed by atoms with Crippen molar-refractivity contribution in [3.63, 3.8) is 0 Å². The number of unbranched alkanes of at least 4 members (excludes halogenated alkanes) is 1. The molecule has 1 aromatic carbocycles. The van der Waals surface area contributed by atoms with Crippen molar-refractivity contribution in [2.75, 3.05) is 0 Å². The molecule has 1 N–H and O–H groups in total. The number of nitro groups is 1. The molecule has 6 nitrogen and oxygen atoms in total. The third-order valence-electron chi connectivity index (χ3n) is 2.70. The van der Waals surface area contributed by atoms with Gasteiger partial charge in [0, 0.05) is 18.6 Å². The standard InChI is InChI=1S/C14H15NO5/c1-2-3-4-13(16)12(14(17)18)9-10-5-7-11(8-6-10)15(19)20/h5-9H,2-4H2,1H3,(H,17,18)/b12-9+. The summed E-state index contributed by atoms with van der Waals surface area (Å²) in [6.07, 6.45) is 2.85. The minimum absolute atomic E-state index is 0.0867. The molecule has 0 aliphatic carbocycles. The normalized spacial score (nSPS) is 11.2. The Morgan fingerprint density at radius 1 is 1.30 bits per heavy atom. The number of carboxylic acid groups (broad SMARTS) is 1. The van der Waals surface area contributed by atoms with E-state index in [1.165, 1.54) is 30.3 Å². The first kappa shape index (κ1) is 15.6. The van der Waals surface area contributed by atoms with Gasteiger partial charge in [0.15, 0.2) is 5.78 Å². The molecule has 0 amide bonds. The van der Waals surface area contributed by atoms with Gasteiger partial charge in [0.1, 0.15) is 5.57 Å². The number of carboxylic acids is 1. The third-order valence-corrected chi connectivity index (χ3v) is 2.70. The van der Waals surface area contributed by atoms with Crippen LogP contribution in [-0.2, 0) is 9.59 Å². The zero-order valence-corrected chi connectivity index (χ0v) is 11.0. The second kappa shape index (κ2) is 7.18. The van der Waals surface area contributed by atoms with Crippen molar-refractivity contribution in [3.8, 4) is 0 Å². The summed E-state index contributed by atoms with van der Waals surface area (Å²) < 4.78 is 0. The Morgan fingerprint density at radius 2 is 1.90 bits per heavy atom. The summed E-state index contributed by atoms with van der Waals surface area (Å²) in [7, 11) is 0. The van der Waals surface area contributed by atoms with E-state index in [-0.39, 0.29) is 17.7 Å². The Bertz CT molecular complexity index is 545. The zero-order valence-electron chi connectivity index (χ0n) is 11.0. The smallest absolute Gasteiger partial charge is 0.339 e. The molecule has 106 valence electrons. The topological polar surface area (TPSA) is 97.5 Å². The van der Waals surface area contributed by atoms with Gasteiger partial charge in [-0.2, -0.15) is 0 Å². The Balaban J connectivity index is 2.99. The molecule has 0 saturated carbocycles. The molecule has 0 heterocycles. The molecule has 0 atom stereocenters. The van der Waals surface area contributed by atoms with E-state index in [1.54, 1.807) is 0 Å². The molecule has 0 aromatic heterocycles. The number of non-ortho nitro benzene ring substituents is 1. The molecule has 20 heavy (non-hydrogen) atoms. The maximum absolute atomic E-state index is 11.8. The maximum Gasteiger partial charge on any atom is 0.339 e. The quantitative estimate of drug-likeness (QED) is 0.272. The van der Waals surface area contributed by atoms with Crippen molar-refractivity contribution in [2.45, 2.75) is 26.2 Å². The van der Waals surface area contributed by atoms with Crippen LogP contribution in [0.4, 0.5) is 5.69 Å². The van der Waals surface area contributed by atoms with Gasteiger partial charge in [-0.05, 0) is 30.2 Å². The number of nitrogens with zero attached hydrogens (tertiary/aromatic N) is 1. The van der Waals surface area contributed by atoms with Crippen LogP contribution in [0.2, 0.25) is 0 Å². The SMILES string of the molecule is CCCCC(=O)/C(=C\c1ccc([N+](=O)[O-])cc1)C(=O)O. The van der Waals surface area contributed by atoms with E-state index in [0.29, 0.717) is 12.0 Å². The highest BCUT2D eigenvalue weighted by Crippen LogP contribution is 2.16. The lowest BCUT2D eigenvalue weighted by atomic mass is 10.0. The Morgan fingerprint density at radius 3 is 2.35 bits per heavy atom. The van der Waals surface area contributed by atoms with Gasteiger partial charge in [0.2, 0.25) is 0 Å². The van der Waals surface area contributed by atoms with Gasteiger partial charge >= 0.3 is 5.97 Å². The van der Waals surface area contributed by atoms with Gasteiger partial charge in [-0.3, -0.25) is 14.9 Å². The van der Waals surface area contributed by atoms with E-state index >= 15 is 0 Å². The molecule has 1 aromatic rings. The zero-order chi connectivity index (χ0) is 15.1. The summed E-state index contributed by atoms with van der Waals surface area (Å²) in [4.78, 5) is 32.8. The number of hydrogen-bond donors (Lipinski definition) is 1. The van der Waals surface area contributed by atoms with Crippen LogP contribution < -0.4 is 0 Å². The number of ketones is 1. The van der Waals surface area contributed by atoms with Crippen LogP contribution >= 0.6 is 0 Å². The highest BCUT2D eigenvalue weighted by atomic mass is 16.6. The largest absolute Gasteiger partial charge is 0.478 e. The van der Waals surface area contributed by atoms with E-state index < -0.39 is 16.7 Å². The van der Waals surface area contributed by atoms with Crippen molar-refractivity contribution >= 4 is 23.5 Å². The molecule has 0 bridgehead atoms. The second-order valence-corrected chi connectivity index (χ2v) is 4.24. The van der Waals surface area contributed by atoms with Crippen molar-refractivity contribution < 1.29 is 19.6 Å². The number of benzene rings is 1. The Labute approximate surface area is 115 Å². The van der Waals surface area contributed by atoms with Gasteiger partial charge in [-0.15, -0.1) is 0 Å². The number of carbonyl (C=O) groups excluding carboxylic acids is 1. The minimum Gasteiger partial charge on any atom is -0.478 e. The first-order valence-electron chi connectivity index (χ1n) is 6.18. The van der Waals surface area contributed by atoms with Gasteiger partial charge in [0.05, 0.1) is 4.92 Å². The second-order valence-electron chi connectivity index (χ2n) is 4.24. The van der Waals surface area contributed by atoms with Crippen LogP contribution in [0.5, 0.6) is 0 Å². The summed E-state index contributed by atoms with van der Waals surface area (Å²) in [6, 6.07) is 5.35. The molecule has 0 fully saturated rings. The van der Waals surface area contributed by atoms with Crippen molar-refractivity contribution in [1.82, 2.24) is 0 Å². The van der Waals surface area contributed by atoms with Crippen LogP contribution in [0.25, 0.3) is 6.08 Å². The molecule has 0 unspecified atom stereocenters. The van der Waals surface area contributed by atoms with E-state index in [9.17, 15) is 19.7 Å². The predicted molar refractivity (Wildman–Crippen MR) is 73.2 cm³/mol.